The van der Waals surface area contributed by atoms with Gasteiger partial charge in [-0.25, -0.2) is 4.68 Å². The van der Waals surface area contributed by atoms with Gasteiger partial charge in [-0.05, 0) is 80.9 Å². The number of nitrogens with zero attached hydrogens (tertiary/aromatic N) is 5. The third-order valence-corrected chi connectivity index (χ3v) is 6.71. The van der Waals surface area contributed by atoms with Crippen molar-refractivity contribution < 1.29 is 9.32 Å². The number of aryl methyl sites for hydroxylation is 1. The molecule has 0 unspecified atom stereocenters. The van der Waals surface area contributed by atoms with Crippen LogP contribution in [-0.4, -0.2) is 31.0 Å². The second kappa shape index (κ2) is 9.86. The third kappa shape index (κ3) is 4.73. The number of anilines is 3. The molecular weight excluding hydrogens is 490 g/mol. The molecule has 2 N–H and O–H groups in total. The predicted octanol–water partition coefficient (Wildman–Crippen LogP) is 6.39. The molecule has 9 heteroatoms. The van der Waals surface area contributed by atoms with Gasteiger partial charge in [0, 0.05) is 28.2 Å². The van der Waals surface area contributed by atoms with Gasteiger partial charge in [0.25, 0.3) is 5.91 Å². The summed E-state index contributed by atoms with van der Waals surface area (Å²) < 4.78 is 7.35. The average molecular weight is 516 g/mol. The first-order valence-corrected chi connectivity index (χ1v) is 12.5. The maximum atomic E-state index is 13.0. The van der Waals surface area contributed by atoms with Crippen molar-refractivity contribution in [1.29, 1.82) is 0 Å². The molecule has 0 aliphatic carbocycles. The monoisotopic (exact) mass is 515 g/mol. The van der Waals surface area contributed by atoms with Crippen molar-refractivity contribution >= 4 is 34.0 Å². The van der Waals surface area contributed by atoms with E-state index in [1.54, 1.807) is 22.9 Å². The van der Waals surface area contributed by atoms with Gasteiger partial charge in [0.15, 0.2) is 17.4 Å². The average Bonchev–Trinajstić information content (AvgIpc) is 3.51. The fourth-order valence-electron chi connectivity index (χ4n) is 4.32. The molecule has 6 aromatic rings. The zero-order valence-corrected chi connectivity index (χ0v) is 21.6. The molecule has 3 aromatic carbocycles. The number of carbonyl (C=O) groups excluding carboxylic acids is 1. The van der Waals surface area contributed by atoms with E-state index < -0.39 is 0 Å². The van der Waals surface area contributed by atoms with Crippen molar-refractivity contribution in [3.05, 3.63) is 107 Å². The molecule has 0 radical (unpaired) electrons. The number of hydrogen-bond acceptors (Lipinski definition) is 7. The highest BCUT2D eigenvalue weighted by Crippen LogP contribution is 2.29. The molecule has 0 spiro atoms. The van der Waals surface area contributed by atoms with Gasteiger partial charge in [0.05, 0.1) is 11.1 Å². The van der Waals surface area contributed by atoms with Crippen molar-refractivity contribution in [2.45, 2.75) is 20.8 Å². The zero-order chi connectivity index (χ0) is 26.9. The minimum Gasteiger partial charge on any atom is -0.355 e. The zero-order valence-electron chi connectivity index (χ0n) is 21.6. The summed E-state index contributed by atoms with van der Waals surface area (Å²) in [5, 5.41) is 24.2. The van der Waals surface area contributed by atoms with Gasteiger partial charge in [-0.2, -0.15) is 5.10 Å². The highest BCUT2D eigenvalue weighted by Gasteiger charge is 2.15. The number of benzene rings is 3. The lowest BCUT2D eigenvalue weighted by Gasteiger charge is -2.09. The van der Waals surface area contributed by atoms with Crippen LogP contribution in [0.1, 0.15) is 27.3 Å². The van der Waals surface area contributed by atoms with Gasteiger partial charge in [-0.3, -0.25) is 4.79 Å². The van der Waals surface area contributed by atoms with Gasteiger partial charge in [-0.1, -0.05) is 35.5 Å². The molecule has 0 aliphatic heterocycles. The molecule has 3 aromatic heterocycles. The van der Waals surface area contributed by atoms with Crippen LogP contribution in [0.4, 0.5) is 17.2 Å². The second-order valence-corrected chi connectivity index (χ2v) is 9.25. The Morgan fingerprint density at radius 3 is 2.31 bits per heavy atom. The molecule has 6 rings (SSSR count). The summed E-state index contributed by atoms with van der Waals surface area (Å²) in [4.78, 5) is 13.0. The van der Waals surface area contributed by atoms with Gasteiger partial charge >= 0.3 is 0 Å². The van der Waals surface area contributed by atoms with E-state index in [2.05, 4.69) is 31.1 Å². The molecule has 0 saturated carbocycles. The fourth-order valence-corrected chi connectivity index (χ4v) is 4.32. The first-order valence-electron chi connectivity index (χ1n) is 12.5. The lowest BCUT2D eigenvalue weighted by atomic mass is 10.1. The minimum absolute atomic E-state index is 0.223. The van der Waals surface area contributed by atoms with Crippen LogP contribution in [0.3, 0.4) is 0 Å². The van der Waals surface area contributed by atoms with Crippen LogP contribution in [0.15, 0.2) is 89.5 Å². The SMILES string of the molecule is Cc1nn(-c2ccc(Nc3ccc(NC(=O)c4ccc5noc(-c6ccccc6)c5c4)cc3)nn2)c(C)c1C. The maximum Gasteiger partial charge on any atom is 0.255 e. The number of rotatable bonds is 6. The Morgan fingerprint density at radius 1 is 0.846 bits per heavy atom. The van der Waals surface area contributed by atoms with Gasteiger partial charge in [-0.15, -0.1) is 10.2 Å². The van der Waals surface area contributed by atoms with Crippen LogP contribution in [0.25, 0.3) is 28.0 Å². The van der Waals surface area contributed by atoms with Crippen LogP contribution >= 0.6 is 0 Å². The lowest BCUT2D eigenvalue weighted by molar-refractivity contribution is 0.102. The van der Waals surface area contributed by atoms with Crippen molar-refractivity contribution in [2.75, 3.05) is 10.6 Å². The molecule has 0 saturated heterocycles. The van der Waals surface area contributed by atoms with E-state index in [-0.39, 0.29) is 5.91 Å². The third-order valence-electron chi connectivity index (χ3n) is 6.71. The Morgan fingerprint density at radius 2 is 1.62 bits per heavy atom. The topological polar surface area (TPSA) is 111 Å². The van der Waals surface area contributed by atoms with E-state index in [9.17, 15) is 4.79 Å². The Balaban J connectivity index is 1.14. The fraction of sp³-hybridized carbons (Fsp3) is 0.100. The molecular formula is C30H25N7O2. The number of hydrogen-bond donors (Lipinski definition) is 2. The van der Waals surface area contributed by atoms with E-state index in [4.69, 9.17) is 4.52 Å². The summed E-state index contributed by atoms with van der Waals surface area (Å²) in [6, 6.07) is 26.1. The molecule has 0 fully saturated rings. The van der Waals surface area contributed by atoms with Gasteiger partial charge in [0.2, 0.25) is 0 Å². The van der Waals surface area contributed by atoms with E-state index in [1.807, 2.05) is 87.5 Å². The van der Waals surface area contributed by atoms with Crippen molar-refractivity contribution in [2.24, 2.45) is 0 Å². The Hall–Kier alpha value is -5.31. The van der Waals surface area contributed by atoms with Crippen LogP contribution < -0.4 is 10.6 Å². The number of fused-ring (bicyclic) bond motifs is 1. The summed E-state index contributed by atoms with van der Waals surface area (Å²) >= 11 is 0. The first-order chi connectivity index (χ1) is 19.0. The number of amides is 1. The minimum atomic E-state index is -0.223. The summed E-state index contributed by atoms with van der Waals surface area (Å²) in [6.45, 7) is 6.03. The molecule has 1 amide bonds. The lowest BCUT2D eigenvalue weighted by Crippen LogP contribution is -2.11. The molecule has 0 aliphatic rings. The molecule has 9 nitrogen and oxygen atoms in total. The molecule has 3 heterocycles. The predicted molar refractivity (Wildman–Crippen MR) is 150 cm³/mol. The number of aromatic nitrogens is 5. The molecule has 0 atom stereocenters. The van der Waals surface area contributed by atoms with Crippen LogP contribution in [0.2, 0.25) is 0 Å². The quantitative estimate of drug-likeness (QED) is 0.264. The van der Waals surface area contributed by atoms with Crippen molar-refractivity contribution in [3.8, 4) is 17.1 Å². The Bertz CT molecular complexity index is 1790. The number of nitrogens with one attached hydrogen (secondary N) is 2. The Labute approximate surface area is 224 Å². The summed E-state index contributed by atoms with van der Waals surface area (Å²) in [5.41, 5.74) is 6.75. The van der Waals surface area contributed by atoms with Gasteiger partial charge < -0.3 is 15.2 Å². The second-order valence-electron chi connectivity index (χ2n) is 9.25. The van der Waals surface area contributed by atoms with Crippen LogP contribution in [0, 0.1) is 20.8 Å². The highest BCUT2D eigenvalue weighted by atomic mass is 16.5. The van der Waals surface area contributed by atoms with Crippen molar-refractivity contribution in [1.82, 2.24) is 25.1 Å². The van der Waals surface area contributed by atoms with Gasteiger partial charge in [0.1, 0.15) is 5.52 Å². The maximum absolute atomic E-state index is 13.0. The first kappa shape index (κ1) is 24.1. The van der Waals surface area contributed by atoms with E-state index in [1.165, 1.54) is 0 Å². The van der Waals surface area contributed by atoms with E-state index in [0.29, 0.717) is 34.2 Å². The highest BCUT2D eigenvalue weighted by molar-refractivity contribution is 6.07. The molecule has 39 heavy (non-hydrogen) atoms. The summed E-state index contributed by atoms with van der Waals surface area (Å²) in [5.74, 6) is 1.67. The Kier molecular flexibility index (Phi) is 6.08. The van der Waals surface area contributed by atoms with E-state index >= 15 is 0 Å². The smallest absolute Gasteiger partial charge is 0.255 e. The molecule has 192 valence electrons. The number of carbonyl (C=O) groups is 1. The van der Waals surface area contributed by atoms with Crippen LogP contribution in [0.5, 0.6) is 0 Å². The van der Waals surface area contributed by atoms with Crippen LogP contribution in [-0.2, 0) is 0 Å². The molecule has 0 bridgehead atoms. The van der Waals surface area contributed by atoms with E-state index in [0.717, 1.165) is 33.6 Å². The van der Waals surface area contributed by atoms with Crippen molar-refractivity contribution in [3.63, 3.8) is 0 Å². The summed E-state index contributed by atoms with van der Waals surface area (Å²) in [7, 11) is 0. The largest absolute Gasteiger partial charge is 0.355 e. The normalized spacial score (nSPS) is 11.1. The summed E-state index contributed by atoms with van der Waals surface area (Å²) in [6.07, 6.45) is 0. The standard InChI is InChI=1S/C30H25N7O2/c1-18-19(2)35-37(20(18)3)28-16-15-27(33-34-28)31-23-10-12-24(13-11-23)32-30(38)22-9-14-26-25(17-22)29(39-36-26)21-7-5-4-6-8-21/h4-17H,1-3H3,(H,31,33)(H,32,38).